The van der Waals surface area contributed by atoms with Crippen LogP contribution in [0.3, 0.4) is 0 Å². The summed E-state index contributed by atoms with van der Waals surface area (Å²) in [5.41, 5.74) is 2.76. The van der Waals surface area contributed by atoms with Crippen molar-refractivity contribution in [2.45, 2.75) is 52.5 Å². The molecule has 7 heteroatoms. The summed E-state index contributed by atoms with van der Waals surface area (Å²) < 4.78 is 5.13. The van der Waals surface area contributed by atoms with Crippen molar-refractivity contribution in [2.24, 2.45) is 11.8 Å². The first-order valence-corrected chi connectivity index (χ1v) is 10.5. The third-order valence-corrected chi connectivity index (χ3v) is 5.88. The van der Waals surface area contributed by atoms with Crippen LogP contribution < -0.4 is 5.32 Å². The van der Waals surface area contributed by atoms with Crippen molar-refractivity contribution in [2.75, 3.05) is 11.9 Å². The molecule has 0 unspecified atom stereocenters. The summed E-state index contributed by atoms with van der Waals surface area (Å²) in [6.45, 7) is 4.99. The fourth-order valence-electron chi connectivity index (χ4n) is 4.15. The first-order chi connectivity index (χ1) is 14.4. The lowest BCUT2D eigenvalue weighted by Gasteiger charge is -2.21. The third-order valence-electron chi connectivity index (χ3n) is 5.88. The molecule has 1 saturated heterocycles. The van der Waals surface area contributed by atoms with E-state index in [1.807, 2.05) is 44.2 Å². The van der Waals surface area contributed by atoms with E-state index in [9.17, 15) is 19.2 Å². The number of hydrogen-bond donors (Lipinski definition) is 1. The molecular formula is C23H28N2O5. The first kappa shape index (κ1) is 21.7. The van der Waals surface area contributed by atoms with Crippen molar-refractivity contribution < 1.29 is 23.9 Å². The molecule has 1 heterocycles. The number of aryl methyl sites for hydroxylation is 2. The van der Waals surface area contributed by atoms with E-state index in [-0.39, 0.29) is 11.8 Å². The molecule has 3 rings (SSSR count). The Hall–Kier alpha value is -2.96. The number of hydrogen-bond acceptors (Lipinski definition) is 5. The van der Waals surface area contributed by atoms with Crippen molar-refractivity contribution >= 4 is 29.4 Å². The Labute approximate surface area is 176 Å². The van der Waals surface area contributed by atoms with Crippen LogP contribution in [0.4, 0.5) is 5.69 Å². The number of esters is 1. The molecule has 0 aromatic heterocycles. The van der Waals surface area contributed by atoms with Crippen LogP contribution in [0.15, 0.2) is 30.4 Å². The Morgan fingerprint density at radius 3 is 2.10 bits per heavy atom. The van der Waals surface area contributed by atoms with Gasteiger partial charge >= 0.3 is 5.97 Å². The first-order valence-electron chi connectivity index (χ1n) is 10.5. The monoisotopic (exact) mass is 412 g/mol. The minimum Gasteiger partial charge on any atom is -0.454 e. The van der Waals surface area contributed by atoms with E-state index in [0.29, 0.717) is 12.8 Å². The van der Waals surface area contributed by atoms with Gasteiger partial charge in [-0.2, -0.15) is 0 Å². The maximum absolute atomic E-state index is 12.6. The zero-order valence-electron chi connectivity index (χ0n) is 17.6. The van der Waals surface area contributed by atoms with Gasteiger partial charge in [0.1, 0.15) is 6.04 Å². The second-order valence-corrected chi connectivity index (χ2v) is 7.69. The highest BCUT2D eigenvalue weighted by Gasteiger charge is 2.50. The van der Waals surface area contributed by atoms with Gasteiger partial charge in [-0.3, -0.25) is 19.3 Å². The highest BCUT2D eigenvalue weighted by Crippen LogP contribution is 2.36. The van der Waals surface area contributed by atoms with Gasteiger partial charge in [0.25, 0.3) is 5.91 Å². The average Bonchev–Trinajstić information content (AvgIpc) is 3.02. The quantitative estimate of drug-likeness (QED) is 0.422. The molecule has 30 heavy (non-hydrogen) atoms. The van der Waals surface area contributed by atoms with Crippen molar-refractivity contribution in [1.29, 1.82) is 0 Å². The Balaban J connectivity index is 1.60. The number of anilines is 1. The highest BCUT2D eigenvalue weighted by atomic mass is 16.5. The van der Waals surface area contributed by atoms with Gasteiger partial charge in [-0.05, 0) is 43.7 Å². The molecule has 1 N–H and O–H groups in total. The van der Waals surface area contributed by atoms with Gasteiger partial charge in [-0.15, -0.1) is 0 Å². The van der Waals surface area contributed by atoms with Gasteiger partial charge in [-0.25, -0.2) is 4.79 Å². The highest BCUT2D eigenvalue weighted by molar-refractivity contribution is 6.08. The molecule has 1 aliphatic carbocycles. The molecule has 0 radical (unpaired) electrons. The van der Waals surface area contributed by atoms with E-state index in [4.69, 9.17) is 4.74 Å². The SMILES string of the molecule is CCc1cccc(CC)c1NC(=O)COC(=O)[C@H](C)N1C(=O)[C@H]2CC=CC[C@H]2C1=O. The van der Waals surface area contributed by atoms with Crippen LogP contribution in [-0.2, 0) is 36.8 Å². The van der Waals surface area contributed by atoms with Crippen LogP contribution >= 0.6 is 0 Å². The summed E-state index contributed by atoms with van der Waals surface area (Å²) in [6, 6.07) is 4.79. The number of imide groups is 1. The van der Waals surface area contributed by atoms with Crippen molar-refractivity contribution in [1.82, 2.24) is 4.90 Å². The average molecular weight is 412 g/mol. The van der Waals surface area contributed by atoms with E-state index in [1.54, 1.807) is 0 Å². The van der Waals surface area contributed by atoms with Crippen LogP contribution in [0.5, 0.6) is 0 Å². The van der Waals surface area contributed by atoms with E-state index < -0.39 is 36.4 Å². The van der Waals surface area contributed by atoms with Crippen LogP contribution in [0.2, 0.25) is 0 Å². The Bertz CT molecular complexity index is 843. The summed E-state index contributed by atoms with van der Waals surface area (Å²) >= 11 is 0. The minimum absolute atomic E-state index is 0.340. The number of nitrogens with one attached hydrogen (secondary N) is 1. The van der Waals surface area contributed by atoms with Crippen LogP contribution in [0.1, 0.15) is 44.7 Å². The van der Waals surface area contributed by atoms with Gasteiger partial charge in [0.2, 0.25) is 11.8 Å². The van der Waals surface area contributed by atoms with Gasteiger partial charge in [0.15, 0.2) is 6.61 Å². The summed E-state index contributed by atoms with van der Waals surface area (Å²) in [6.07, 6.45) is 6.32. The second kappa shape index (κ2) is 9.24. The largest absolute Gasteiger partial charge is 0.454 e. The number of amides is 3. The number of fused-ring (bicyclic) bond motifs is 1. The van der Waals surface area contributed by atoms with Crippen LogP contribution in [0.25, 0.3) is 0 Å². The maximum Gasteiger partial charge on any atom is 0.329 e. The van der Waals surface area contributed by atoms with E-state index >= 15 is 0 Å². The van der Waals surface area contributed by atoms with Crippen LogP contribution in [-0.4, -0.2) is 41.2 Å². The molecular weight excluding hydrogens is 384 g/mol. The smallest absolute Gasteiger partial charge is 0.329 e. The van der Waals surface area contributed by atoms with Crippen molar-refractivity contribution in [3.63, 3.8) is 0 Å². The standard InChI is InChI=1S/C23H28N2O5/c1-4-15-9-8-10-16(5-2)20(15)24-19(26)13-30-23(29)14(3)25-21(27)17-11-6-7-12-18(17)22(25)28/h6-10,14,17-18H,4-5,11-13H2,1-3H3,(H,24,26)/t14-,17-,18+/m0/s1. The number of para-hydroxylation sites is 1. The fraction of sp³-hybridized carbons (Fsp3) is 0.478. The lowest BCUT2D eigenvalue weighted by atomic mass is 9.85. The van der Waals surface area contributed by atoms with Gasteiger partial charge in [0.05, 0.1) is 11.8 Å². The molecule has 1 aliphatic heterocycles. The summed E-state index contributed by atoms with van der Waals surface area (Å²) in [5, 5.41) is 2.83. The van der Waals surface area contributed by atoms with Crippen LogP contribution in [0, 0.1) is 11.8 Å². The Morgan fingerprint density at radius 2 is 1.60 bits per heavy atom. The zero-order valence-corrected chi connectivity index (χ0v) is 17.6. The maximum atomic E-state index is 12.6. The number of likely N-dealkylation sites (tertiary alicyclic amines) is 1. The number of allylic oxidation sites excluding steroid dienone is 2. The topological polar surface area (TPSA) is 92.8 Å². The summed E-state index contributed by atoms with van der Waals surface area (Å²) in [7, 11) is 0. The summed E-state index contributed by atoms with van der Waals surface area (Å²) in [5.74, 6) is -2.71. The molecule has 1 fully saturated rings. The number of rotatable bonds is 7. The van der Waals surface area contributed by atoms with Crippen molar-refractivity contribution in [3.05, 3.63) is 41.5 Å². The zero-order chi connectivity index (χ0) is 21.8. The van der Waals surface area contributed by atoms with E-state index in [2.05, 4.69) is 5.32 Å². The van der Waals surface area contributed by atoms with E-state index in [1.165, 1.54) is 6.92 Å². The molecule has 2 aliphatic rings. The molecule has 160 valence electrons. The molecule has 0 spiro atoms. The number of carbonyl (C=O) groups excluding carboxylic acids is 4. The number of carbonyl (C=O) groups is 4. The van der Waals surface area contributed by atoms with E-state index in [0.717, 1.165) is 34.6 Å². The van der Waals surface area contributed by atoms with Gasteiger partial charge in [-0.1, -0.05) is 44.2 Å². The normalized spacial score (nSPS) is 21.4. The lowest BCUT2D eigenvalue weighted by molar-refractivity contribution is -0.159. The number of nitrogens with zero attached hydrogens (tertiary/aromatic N) is 1. The number of ether oxygens (including phenoxy) is 1. The number of benzene rings is 1. The third kappa shape index (κ3) is 4.15. The Morgan fingerprint density at radius 1 is 1.07 bits per heavy atom. The lowest BCUT2D eigenvalue weighted by Crippen LogP contribution is -2.45. The minimum atomic E-state index is -1.06. The Kier molecular flexibility index (Phi) is 6.70. The molecule has 1 aromatic carbocycles. The second-order valence-electron chi connectivity index (χ2n) is 7.69. The van der Waals surface area contributed by atoms with Gasteiger partial charge < -0.3 is 10.1 Å². The molecule has 0 saturated carbocycles. The predicted molar refractivity (Wildman–Crippen MR) is 111 cm³/mol. The molecule has 3 amide bonds. The molecule has 3 atom stereocenters. The van der Waals surface area contributed by atoms with Gasteiger partial charge in [0, 0.05) is 5.69 Å². The molecule has 1 aromatic rings. The molecule has 0 bridgehead atoms. The molecule has 7 nitrogen and oxygen atoms in total. The summed E-state index contributed by atoms with van der Waals surface area (Å²) in [4.78, 5) is 51.1. The predicted octanol–water partition coefficient (Wildman–Crippen LogP) is 2.63. The fourth-order valence-corrected chi connectivity index (χ4v) is 4.15. The van der Waals surface area contributed by atoms with Crippen molar-refractivity contribution in [3.8, 4) is 0 Å².